The van der Waals surface area contributed by atoms with Crippen molar-refractivity contribution in [3.05, 3.63) is 12.4 Å². The second-order valence-electron chi connectivity index (χ2n) is 4.14. The molecule has 0 spiro atoms. The minimum atomic E-state index is 0.857. The van der Waals surface area contributed by atoms with Crippen molar-refractivity contribution in [1.29, 1.82) is 0 Å². The highest BCUT2D eigenvalue weighted by molar-refractivity contribution is 5.46. The molecule has 16 heavy (non-hydrogen) atoms. The van der Waals surface area contributed by atoms with Crippen molar-refractivity contribution < 1.29 is 0 Å². The molecule has 0 aliphatic heterocycles. The Morgan fingerprint density at radius 1 is 1.19 bits per heavy atom. The summed E-state index contributed by atoms with van der Waals surface area (Å²) in [6.45, 7) is 2.83. The van der Waals surface area contributed by atoms with Crippen molar-refractivity contribution in [1.82, 2.24) is 15.3 Å². The van der Waals surface area contributed by atoms with E-state index in [4.69, 9.17) is 0 Å². The Labute approximate surface area is 96.1 Å². The molecule has 3 N–H and O–H groups in total. The molecule has 1 fully saturated rings. The molecule has 1 aliphatic carbocycles. The average molecular weight is 221 g/mol. The van der Waals surface area contributed by atoms with Gasteiger partial charge in [0, 0.05) is 25.7 Å². The van der Waals surface area contributed by atoms with Gasteiger partial charge < -0.3 is 16.0 Å². The van der Waals surface area contributed by atoms with Crippen molar-refractivity contribution in [3.63, 3.8) is 0 Å². The third-order valence-electron chi connectivity index (χ3n) is 2.62. The Balaban J connectivity index is 1.80. The van der Waals surface area contributed by atoms with E-state index in [0.29, 0.717) is 0 Å². The molecule has 1 aromatic rings. The number of nitrogens with zero attached hydrogens (tertiary/aromatic N) is 2. The van der Waals surface area contributed by atoms with Crippen molar-refractivity contribution >= 4 is 11.6 Å². The van der Waals surface area contributed by atoms with E-state index in [2.05, 4.69) is 25.9 Å². The first kappa shape index (κ1) is 11.1. The van der Waals surface area contributed by atoms with Gasteiger partial charge in [-0.25, -0.2) is 9.97 Å². The molecule has 1 saturated carbocycles. The SMILES string of the molecule is CNCCNc1cc(NCC2CC2)ncn1. The van der Waals surface area contributed by atoms with Crippen LogP contribution in [-0.4, -0.2) is 36.6 Å². The highest BCUT2D eigenvalue weighted by Crippen LogP contribution is 2.28. The molecule has 0 aromatic carbocycles. The van der Waals surface area contributed by atoms with Crippen LogP contribution >= 0.6 is 0 Å². The average Bonchev–Trinajstić information content (AvgIpc) is 3.11. The molecule has 1 heterocycles. The lowest BCUT2D eigenvalue weighted by Gasteiger charge is -2.07. The van der Waals surface area contributed by atoms with Crippen LogP contribution in [0.5, 0.6) is 0 Å². The topological polar surface area (TPSA) is 61.9 Å². The molecule has 5 nitrogen and oxygen atoms in total. The molecular formula is C11H19N5. The van der Waals surface area contributed by atoms with Gasteiger partial charge >= 0.3 is 0 Å². The summed E-state index contributed by atoms with van der Waals surface area (Å²) in [5, 5.41) is 9.65. The normalized spacial score (nSPS) is 14.8. The molecule has 2 rings (SSSR count). The largest absolute Gasteiger partial charge is 0.370 e. The zero-order valence-corrected chi connectivity index (χ0v) is 9.66. The summed E-state index contributed by atoms with van der Waals surface area (Å²) in [7, 11) is 1.93. The summed E-state index contributed by atoms with van der Waals surface area (Å²) in [6, 6.07) is 1.96. The summed E-state index contributed by atoms with van der Waals surface area (Å²) in [5.74, 6) is 2.65. The standard InChI is InChI=1S/C11H19N5/c1-12-4-5-13-10-6-11(16-8-15-10)14-7-9-2-3-9/h6,8-9,12H,2-5,7H2,1H3,(H2,13,14,15,16). The minimum Gasteiger partial charge on any atom is -0.370 e. The van der Waals surface area contributed by atoms with E-state index in [-0.39, 0.29) is 0 Å². The fourth-order valence-corrected chi connectivity index (χ4v) is 1.44. The molecular weight excluding hydrogens is 202 g/mol. The van der Waals surface area contributed by atoms with Crippen LogP contribution in [0.3, 0.4) is 0 Å². The highest BCUT2D eigenvalue weighted by Gasteiger charge is 2.20. The van der Waals surface area contributed by atoms with Crippen LogP contribution in [0.2, 0.25) is 0 Å². The molecule has 1 aromatic heterocycles. The lowest BCUT2D eigenvalue weighted by atomic mass is 10.4. The minimum absolute atomic E-state index is 0.857. The van der Waals surface area contributed by atoms with E-state index in [1.165, 1.54) is 12.8 Å². The van der Waals surface area contributed by atoms with Crippen molar-refractivity contribution in [2.45, 2.75) is 12.8 Å². The van der Waals surface area contributed by atoms with E-state index >= 15 is 0 Å². The first-order valence-corrected chi connectivity index (χ1v) is 5.83. The third-order valence-corrected chi connectivity index (χ3v) is 2.62. The number of aromatic nitrogens is 2. The maximum absolute atomic E-state index is 4.19. The van der Waals surface area contributed by atoms with E-state index < -0.39 is 0 Å². The van der Waals surface area contributed by atoms with Crippen LogP contribution in [0.25, 0.3) is 0 Å². The number of rotatable bonds is 7. The second kappa shape index (κ2) is 5.65. The molecule has 0 radical (unpaired) electrons. The first-order valence-electron chi connectivity index (χ1n) is 5.83. The fraction of sp³-hybridized carbons (Fsp3) is 0.636. The lowest BCUT2D eigenvalue weighted by Crippen LogP contribution is -2.18. The Hall–Kier alpha value is -1.36. The highest BCUT2D eigenvalue weighted by atomic mass is 15.1. The van der Waals surface area contributed by atoms with Crippen LogP contribution in [0.1, 0.15) is 12.8 Å². The number of likely N-dealkylation sites (N-methyl/N-ethyl adjacent to an activating group) is 1. The van der Waals surface area contributed by atoms with E-state index in [1.807, 2.05) is 13.1 Å². The maximum atomic E-state index is 4.19. The van der Waals surface area contributed by atoms with E-state index in [9.17, 15) is 0 Å². The smallest absolute Gasteiger partial charge is 0.131 e. The molecule has 0 amide bonds. The third kappa shape index (κ3) is 3.66. The van der Waals surface area contributed by atoms with Gasteiger partial charge in [-0.3, -0.25) is 0 Å². The van der Waals surface area contributed by atoms with Crippen molar-refractivity contribution in [3.8, 4) is 0 Å². The van der Waals surface area contributed by atoms with Gasteiger partial charge in [-0.05, 0) is 25.8 Å². The second-order valence-corrected chi connectivity index (χ2v) is 4.14. The summed E-state index contributed by atoms with van der Waals surface area (Å²) in [5.41, 5.74) is 0. The van der Waals surface area contributed by atoms with Gasteiger partial charge in [-0.1, -0.05) is 0 Å². The molecule has 88 valence electrons. The zero-order valence-electron chi connectivity index (χ0n) is 9.66. The van der Waals surface area contributed by atoms with Crippen LogP contribution in [0.15, 0.2) is 12.4 Å². The van der Waals surface area contributed by atoms with Crippen LogP contribution in [0.4, 0.5) is 11.6 Å². The zero-order chi connectivity index (χ0) is 11.2. The van der Waals surface area contributed by atoms with Gasteiger partial charge in [-0.15, -0.1) is 0 Å². The predicted octanol–water partition coefficient (Wildman–Crippen LogP) is 0.930. The number of hydrogen-bond acceptors (Lipinski definition) is 5. The quantitative estimate of drug-likeness (QED) is 0.598. The van der Waals surface area contributed by atoms with Crippen LogP contribution < -0.4 is 16.0 Å². The van der Waals surface area contributed by atoms with Crippen LogP contribution in [-0.2, 0) is 0 Å². The molecule has 0 unspecified atom stereocenters. The van der Waals surface area contributed by atoms with Gasteiger partial charge in [0.1, 0.15) is 18.0 Å². The number of anilines is 2. The Morgan fingerprint density at radius 3 is 2.62 bits per heavy atom. The molecule has 0 atom stereocenters. The number of hydrogen-bond donors (Lipinski definition) is 3. The summed E-state index contributed by atoms with van der Waals surface area (Å²) in [4.78, 5) is 8.35. The Morgan fingerprint density at radius 2 is 1.94 bits per heavy atom. The van der Waals surface area contributed by atoms with Gasteiger partial charge in [-0.2, -0.15) is 0 Å². The monoisotopic (exact) mass is 221 g/mol. The van der Waals surface area contributed by atoms with Gasteiger partial charge in [0.25, 0.3) is 0 Å². The van der Waals surface area contributed by atoms with Crippen LogP contribution in [0, 0.1) is 5.92 Å². The van der Waals surface area contributed by atoms with Gasteiger partial charge in [0.15, 0.2) is 0 Å². The molecule has 0 bridgehead atoms. The maximum Gasteiger partial charge on any atom is 0.131 e. The molecule has 0 saturated heterocycles. The van der Waals surface area contributed by atoms with Gasteiger partial charge in [0.05, 0.1) is 0 Å². The van der Waals surface area contributed by atoms with E-state index in [0.717, 1.165) is 37.2 Å². The van der Waals surface area contributed by atoms with Gasteiger partial charge in [0.2, 0.25) is 0 Å². The lowest BCUT2D eigenvalue weighted by molar-refractivity contribution is 0.820. The summed E-state index contributed by atoms with van der Waals surface area (Å²) >= 11 is 0. The number of nitrogens with one attached hydrogen (secondary N) is 3. The Bertz CT molecular complexity index is 324. The predicted molar refractivity (Wildman–Crippen MR) is 65.7 cm³/mol. The summed E-state index contributed by atoms with van der Waals surface area (Å²) < 4.78 is 0. The van der Waals surface area contributed by atoms with Crippen molar-refractivity contribution in [2.75, 3.05) is 37.3 Å². The molecule has 5 heteroatoms. The fourth-order valence-electron chi connectivity index (χ4n) is 1.44. The first-order chi connectivity index (χ1) is 7.88. The molecule has 1 aliphatic rings. The van der Waals surface area contributed by atoms with Crippen molar-refractivity contribution in [2.24, 2.45) is 5.92 Å². The Kier molecular flexibility index (Phi) is 3.93. The van der Waals surface area contributed by atoms with E-state index in [1.54, 1.807) is 6.33 Å². The summed E-state index contributed by atoms with van der Waals surface area (Å²) in [6.07, 6.45) is 4.30.